The molecule has 0 bridgehead atoms. The fourth-order valence-corrected chi connectivity index (χ4v) is 3.30. The van der Waals surface area contributed by atoms with E-state index >= 15 is 0 Å². The summed E-state index contributed by atoms with van der Waals surface area (Å²) < 4.78 is 28.9. The number of hydrogen-bond donors (Lipinski definition) is 1. The fourth-order valence-electron chi connectivity index (χ4n) is 3.11. The van der Waals surface area contributed by atoms with Gasteiger partial charge in [-0.1, -0.05) is 30.7 Å². The van der Waals surface area contributed by atoms with Crippen LogP contribution < -0.4 is 0 Å². The van der Waals surface area contributed by atoms with Gasteiger partial charge in [-0.25, -0.2) is 0 Å². The van der Waals surface area contributed by atoms with Crippen LogP contribution in [0.4, 0.5) is 8.78 Å². The van der Waals surface area contributed by atoms with Gasteiger partial charge in [0.15, 0.2) is 0 Å². The van der Waals surface area contributed by atoms with Crippen molar-refractivity contribution in [2.75, 3.05) is 26.2 Å². The summed E-state index contributed by atoms with van der Waals surface area (Å²) in [7, 11) is 0. The number of carboxylic acid groups (broad SMARTS) is 1. The molecule has 1 aliphatic heterocycles. The summed E-state index contributed by atoms with van der Waals surface area (Å²) in [6.07, 6.45) is 0.941. The van der Waals surface area contributed by atoms with Gasteiger partial charge < -0.3 is 10.0 Å². The van der Waals surface area contributed by atoms with Gasteiger partial charge in [0, 0.05) is 29.7 Å². The Morgan fingerprint density at radius 2 is 2.00 bits per heavy atom. The van der Waals surface area contributed by atoms with E-state index in [1.807, 2.05) is 6.92 Å². The first-order chi connectivity index (χ1) is 11.8. The number of amides is 1. The Labute approximate surface area is 150 Å². The van der Waals surface area contributed by atoms with Crippen LogP contribution in [-0.2, 0) is 15.5 Å². The molecule has 5 nitrogen and oxygen atoms in total. The molecule has 1 saturated heterocycles. The maximum atomic E-state index is 14.5. The first kappa shape index (κ1) is 19.6. The van der Waals surface area contributed by atoms with Gasteiger partial charge in [0.05, 0.1) is 6.54 Å². The molecule has 2 rings (SSSR count). The molecule has 138 valence electrons. The van der Waals surface area contributed by atoms with Gasteiger partial charge >= 0.3 is 11.9 Å². The van der Waals surface area contributed by atoms with Crippen molar-refractivity contribution >= 4 is 23.5 Å². The van der Waals surface area contributed by atoms with Crippen LogP contribution in [0.15, 0.2) is 24.3 Å². The Balaban J connectivity index is 2.02. The van der Waals surface area contributed by atoms with Gasteiger partial charge in [0.25, 0.3) is 5.91 Å². The zero-order valence-corrected chi connectivity index (χ0v) is 14.7. The highest BCUT2D eigenvalue weighted by Gasteiger charge is 2.45. The van der Waals surface area contributed by atoms with Crippen LogP contribution in [0.25, 0.3) is 0 Å². The third kappa shape index (κ3) is 4.67. The van der Waals surface area contributed by atoms with Gasteiger partial charge in [-0.15, -0.1) is 0 Å². The van der Waals surface area contributed by atoms with Gasteiger partial charge in [-0.2, -0.15) is 8.78 Å². The predicted octanol–water partition coefficient (Wildman–Crippen LogP) is 2.83. The molecule has 1 aromatic rings. The van der Waals surface area contributed by atoms with Crippen LogP contribution >= 0.6 is 11.6 Å². The Hall–Kier alpha value is -1.73. The molecule has 1 heterocycles. The molecule has 1 aromatic carbocycles. The van der Waals surface area contributed by atoms with Crippen molar-refractivity contribution in [3.05, 3.63) is 34.9 Å². The van der Waals surface area contributed by atoms with E-state index in [2.05, 4.69) is 0 Å². The number of alkyl halides is 2. The number of likely N-dealkylation sites (N-methyl/N-ethyl adjacent to an activating group) is 1. The van der Waals surface area contributed by atoms with E-state index in [0.29, 0.717) is 19.4 Å². The smallest absolute Gasteiger partial charge is 0.350 e. The lowest BCUT2D eigenvalue weighted by Gasteiger charge is -2.38. The van der Waals surface area contributed by atoms with Crippen LogP contribution in [-0.4, -0.2) is 59.0 Å². The van der Waals surface area contributed by atoms with E-state index in [4.69, 9.17) is 16.7 Å². The molecule has 8 heteroatoms. The Morgan fingerprint density at radius 1 is 1.36 bits per heavy atom. The Kier molecular flexibility index (Phi) is 6.35. The monoisotopic (exact) mass is 374 g/mol. The summed E-state index contributed by atoms with van der Waals surface area (Å²) in [5.74, 6) is -5.80. The number of aliphatic carboxylic acids is 1. The van der Waals surface area contributed by atoms with Crippen molar-refractivity contribution in [1.29, 1.82) is 0 Å². The molecule has 25 heavy (non-hydrogen) atoms. The number of rotatable bonds is 6. The second kappa shape index (κ2) is 8.10. The zero-order valence-electron chi connectivity index (χ0n) is 13.9. The maximum Gasteiger partial charge on any atom is 0.350 e. The number of carbonyl (C=O) groups is 2. The molecule has 0 radical (unpaired) electrons. The molecular weight excluding hydrogens is 354 g/mol. The van der Waals surface area contributed by atoms with Crippen molar-refractivity contribution < 1.29 is 23.5 Å². The highest BCUT2D eigenvalue weighted by atomic mass is 35.5. The second-order valence-corrected chi connectivity index (χ2v) is 6.50. The standard InChI is InChI=1S/C17H21ClF2N2O3/c1-2-21(11-15(23)24)14-6-8-22(9-7-14)16(25)17(19,20)12-4-3-5-13(18)10-12/h3-5,10,14H,2,6-9,11H2,1H3,(H,23,24). The minimum Gasteiger partial charge on any atom is -0.480 e. The fraction of sp³-hybridized carbons (Fsp3) is 0.529. The predicted molar refractivity (Wildman–Crippen MR) is 89.8 cm³/mol. The lowest BCUT2D eigenvalue weighted by Crippen LogP contribution is -2.51. The molecule has 0 unspecified atom stereocenters. The molecule has 0 atom stereocenters. The molecule has 0 aliphatic carbocycles. The van der Waals surface area contributed by atoms with Crippen LogP contribution in [0, 0.1) is 0 Å². The quantitative estimate of drug-likeness (QED) is 0.831. The Morgan fingerprint density at radius 3 is 2.52 bits per heavy atom. The topological polar surface area (TPSA) is 60.9 Å². The van der Waals surface area contributed by atoms with Crippen LogP contribution in [0.5, 0.6) is 0 Å². The van der Waals surface area contributed by atoms with E-state index < -0.39 is 23.4 Å². The number of carboxylic acids is 1. The molecule has 1 N–H and O–H groups in total. The third-order valence-corrected chi connectivity index (χ3v) is 4.70. The number of carbonyl (C=O) groups excluding carboxylic acids is 1. The normalized spacial score (nSPS) is 16.3. The maximum absolute atomic E-state index is 14.5. The average molecular weight is 375 g/mol. The summed E-state index contributed by atoms with van der Waals surface area (Å²) in [4.78, 5) is 26.1. The highest BCUT2D eigenvalue weighted by Crippen LogP contribution is 2.33. The van der Waals surface area contributed by atoms with Gasteiger partial charge in [0.1, 0.15) is 0 Å². The average Bonchev–Trinajstić information content (AvgIpc) is 2.59. The number of hydrogen-bond acceptors (Lipinski definition) is 3. The molecular formula is C17H21ClF2N2O3. The molecule has 1 fully saturated rings. The lowest BCUT2D eigenvalue weighted by molar-refractivity contribution is -0.161. The lowest BCUT2D eigenvalue weighted by atomic mass is 10.0. The summed E-state index contributed by atoms with van der Waals surface area (Å²) >= 11 is 5.74. The third-order valence-electron chi connectivity index (χ3n) is 4.47. The van der Waals surface area contributed by atoms with E-state index in [0.717, 1.165) is 11.0 Å². The van der Waals surface area contributed by atoms with E-state index in [9.17, 15) is 18.4 Å². The van der Waals surface area contributed by atoms with E-state index in [1.165, 1.54) is 18.2 Å². The molecule has 0 saturated carbocycles. The summed E-state index contributed by atoms with van der Waals surface area (Å²) in [5.41, 5.74) is -0.423. The number of nitrogens with zero attached hydrogens (tertiary/aromatic N) is 2. The van der Waals surface area contributed by atoms with Crippen molar-refractivity contribution in [3.8, 4) is 0 Å². The second-order valence-electron chi connectivity index (χ2n) is 6.06. The number of likely N-dealkylation sites (tertiary alicyclic amines) is 1. The minimum absolute atomic E-state index is 0.0232. The number of piperidine rings is 1. The van der Waals surface area contributed by atoms with Crippen LogP contribution in [0.3, 0.4) is 0 Å². The molecule has 1 amide bonds. The van der Waals surface area contributed by atoms with Crippen molar-refractivity contribution in [1.82, 2.24) is 9.80 Å². The van der Waals surface area contributed by atoms with Gasteiger partial charge in [0.2, 0.25) is 0 Å². The van der Waals surface area contributed by atoms with Crippen molar-refractivity contribution in [2.45, 2.75) is 31.7 Å². The van der Waals surface area contributed by atoms with E-state index in [1.54, 1.807) is 4.90 Å². The molecule has 0 aromatic heterocycles. The first-order valence-corrected chi connectivity index (χ1v) is 8.52. The zero-order chi connectivity index (χ0) is 18.6. The highest BCUT2D eigenvalue weighted by molar-refractivity contribution is 6.30. The van der Waals surface area contributed by atoms with Gasteiger partial charge in [-0.3, -0.25) is 14.5 Å². The van der Waals surface area contributed by atoms with Crippen LogP contribution in [0.2, 0.25) is 5.02 Å². The number of benzene rings is 1. The Bertz CT molecular complexity index is 634. The molecule has 1 aliphatic rings. The summed E-state index contributed by atoms with van der Waals surface area (Å²) in [6.45, 7) is 2.68. The van der Waals surface area contributed by atoms with E-state index in [-0.39, 0.29) is 30.7 Å². The largest absolute Gasteiger partial charge is 0.480 e. The first-order valence-electron chi connectivity index (χ1n) is 8.14. The van der Waals surface area contributed by atoms with Gasteiger partial charge in [-0.05, 0) is 31.5 Å². The SMILES string of the molecule is CCN(CC(=O)O)C1CCN(C(=O)C(F)(F)c2cccc(Cl)c2)CC1. The van der Waals surface area contributed by atoms with Crippen LogP contribution in [0.1, 0.15) is 25.3 Å². The number of halogens is 3. The van der Waals surface area contributed by atoms with Crippen molar-refractivity contribution in [2.24, 2.45) is 0 Å². The van der Waals surface area contributed by atoms with Crippen molar-refractivity contribution in [3.63, 3.8) is 0 Å². The minimum atomic E-state index is -3.64. The summed E-state index contributed by atoms with van der Waals surface area (Å²) in [5, 5.41) is 9.07. The summed E-state index contributed by atoms with van der Waals surface area (Å²) in [6, 6.07) is 5.11. The molecule has 0 spiro atoms.